The zero-order chi connectivity index (χ0) is 23.5. The van der Waals surface area contributed by atoms with Crippen LogP contribution >= 0.6 is 0 Å². The second kappa shape index (κ2) is 12.3. The number of hydrogen-bond donors (Lipinski definition) is 0. The minimum absolute atomic E-state index is 0.106. The summed E-state index contributed by atoms with van der Waals surface area (Å²) in [6, 6.07) is 12.2. The smallest absolute Gasteiger partial charge is 0.246 e. The van der Waals surface area contributed by atoms with Crippen molar-refractivity contribution in [1.29, 1.82) is 0 Å². The Morgan fingerprint density at radius 2 is 1.00 bits per heavy atom. The van der Waals surface area contributed by atoms with E-state index in [0.29, 0.717) is 32.6 Å². The molecule has 1 aliphatic rings. The van der Waals surface area contributed by atoms with Crippen LogP contribution in [-0.4, -0.2) is 47.8 Å². The SMILES string of the molecule is O=C(/C=C/C=C/c1ccc(F)cc1)N1CCCN(C(=O)/C=C/C=C/c2ccc(F)cc2)CC1. The van der Waals surface area contributed by atoms with Gasteiger partial charge in [-0.25, -0.2) is 8.78 Å². The van der Waals surface area contributed by atoms with Gasteiger partial charge in [0.05, 0.1) is 0 Å². The molecule has 1 saturated heterocycles. The maximum absolute atomic E-state index is 12.9. The van der Waals surface area contributed by atoms with E-state index in [2.05, 4.69) is 0 Å². The van der Waals surface area contributed by atoms with Crippen molar-refractivity contribution < 1.29 is 18.4 Å². The fourth-order valence-corrected chi connectivity index (χ4v) is 3.33. The first-order valence-corrected chi connectivity index (χ1v) is 10.8. The standard InChI is InChI=1S/C27H26F2N2O2/c28-24-14-10-22(11-15-24)6-1-3-8-26(32)30-18-5-19-31(21-20-30)27(33)9-4-2-7-23-12-16-25(29)17-13-23/h1-4,6-17H,5,18-21H2/b6-1+,7-2+,8-3+,9-4+. The third-order valence-corrected chi connectivity index (χ3v) is 5.14. The van der Waals surface area contributed by atoms with Crippen molar-refractivity contribution in [2.24, 2.45) is 0 Å². The number of benzene rings is 2. The molecule has 2 aromatic carbocycles. The second-order valence-corrected chi connectivity index (χ2v) is 7.54. The molecule has 170 valence electrons. The molecule has 0 aromatic heterocycles. The van der Waals surface area contributed by atoms with E-state index in [-0.39, 0.29) is 23.4 Å². The van der Waals surface area contributed by atoms with Crippen LogP contribution in [0.5, 0.6) is 0 Å². The van der Waals surface area contributed by atoms with E-state index < -0.39 is 0 Å². The monoisotopic (exact) mass is 448 g/mol. The van der Waals surface area contributed by atoms with E-state index >= 15 is 0 Å². The maximum atomic E-state index is 12.9. The van der Waals surface area contributed by atoms with Gasteiger partial charge in [0.15, 0.2) is 0 Å². The average Bonchev–Trinajstić information content (AvgIpc) is 3.08. The van der Waals surface area contributed by atoms with Gasteiger partial charge in [-0.05, 0) is 41.8 Å². The summed E-state index contributed by atoms with van der Waals surface area (Å²) in [5, 5.41) is 0. The highest BCUT2D eigenvalue weighted by Crippen LogP contribution is 2.08. The molecule has 0 N–H and O–H groups in total. The Morgan fingerprint density at radius 3 is 1.39 bits per heavy atom. The Bertz CT molecular complexity index is 969. The summed E-state index contributed by atoms with van der Waals surface area (Å²) < 4.78 is 25.8. The Labute approximate surface area is 192 Å². The fourth-order valence-electron chi connectivity index (χ4n) is 3.33. The number of hydrogen-bond acceptors (Lipinski definition) is 2. The van der Waals surface area contributed by atoms with Crippen LogP contribution in [0.4, 0.5) is 8.78 Å². The molecule has 3 rings (SSSR count). The van der Waals surface area contributed by atoms with Gasteiger partial charge >= 0.3 is 0 Å². The Balaban J connectivity index is 1.45. The number of nitrogens with zero attached hydrogens (tertiary/aromatic N) is 2. The number of carbonyl (C=O) groups is 2. The first-order chi connectivity index (χ1) is 16.0. The van der Waals surface area contributed by atoms with E-state index in [4.69, 9.17) is 0 Å². The first kappa shape index (κ1) is 23.9. The molecule has 0 atom stereocenters. The Kier molecular flexibility index (Phi) is 8.88. The molecule has 2 aromatic rings. The highest BCUT2D eigenvalue weighted by atomic mass is 19.1. The summed E-state index contributed by atoms with van der Waals surface area (Å²) in [6.07, 6.45) is 14.1. The van der Waals surface area contributed by atoms with Gasteiger partial charge in [-0.1, -0.05) is 60.7 Å². The van der Waals surface area contributed by atoms with Crippen LogP contribution in [0.3, 0.4) is 0 Å². The van der Waals surface area contributed by atoms with Crippen LogP contribution in [0, 0.1) is 11.6 Å². The molecule has 0 aliphatic carbocycles. The highest BCUT2D eigenvalue weighted by Gasteiger charge is 2.19. The zero-order valence-corrected chi connectivity index (χ0v) is 18.2. The fraction of sp³-hybridized carbons (Fsp3) is 0.185. The summed E-state index contributed by atoms with van der Waals surface area (Å²) in [6.45, 7) is 2.11. The molecule has 0 unspecified atom stereocenters. The molecule has 2 amide bonds. The van der Waals surface area contributed by atoms with Gasteiger partial charge in [0.25, 0.3) is 0 Å². The van der Waals surface area contributed by atoms with Crippen molar-refractivity contribution in [2.45, 2.75) is 6.42 Å². The number of allylic oxidation sites excluding steroid dienone is 4. The largest absolute Gasteiger partial charge is 0.337 e. The van der Waals surface area contributed by atoms with Crippen LogP contribution in [0.25, 0.3) is 12.2 Å². The number of rotatable bonds is 6. The van der Waals surface area contributed by atoms with E-state index in [1.165, 1.54) is 36.4 Å². The Morgan fingerprint density at radius 1 is 0.606 bits per heavy atom. The van der Waals surface area contributed by atoms with E-state index in [9.17, 15) is 18.4 Å². The molecule has 4 nitrogen and oxygen atoms in total. The lowest BCUT2D eigenvalue weighted by Gasteiger charge is -2.20. The van der Waals surface area contributed by atoms with Crippen molar-refractivity contribution in [3.63, 3.8) is 0 Å². The quantitative estimate of drug-likeness (QED) is 0.468. The second-order valence-electron chi connectivity index (χ2n) is 7.54. The van der Waals surface area contributed by atoms with Gasteiger partial charge in [-0.3, -0.25) is 9.59 Å². The predicted molar refractivity (Wildman–Crippen MR) is 127 cm³/mol. The molecular weight excluding hydrogens is 422 g/mol. The minimum Gasteiger partial charge on any atom is -0.337 e. The van der Waals surface area contributed by atoms with Gasteiger partial charge in [0.2, 0.25) is 11.8 Å². The topological polar surface area (TPSA) is 40.6 Å². The maximum Gasteiger partial charge on any atom is 0.246 e. The van der Waals surface area contributed by atoms with E-state index in [1.807, 2.05) is 0 Å². The molecule has 1 fully saturated rings. The van der Waals surface area contributed by atoms with Gasteiger partial charge in [0.1, 0.15) is 11.6 Å². The van der Waals surface area contributed by atoms with Crippen molar-refractivity contribution in [1.82, 2.24) is 9.80 Å². The average molecular weight is 449 g/mol. The van der Waals surface area contributed by atoms with Crippen molar-refractivity contribution >= 4 is 24.0 Å². The number of halogens is 2. The molecule has 0 saturated carbocycles. The van der Waals surface area contributed by atoms with Crippen molar-refractivity contribution in [3.8, 4) is 0 Å². The first-order valence-electron chi connectivity index (χ1n) is 10.8. The predicted octanol–water partition coefficient (Wildman–Crippen LogP) is 4.86. The van der Waals surface area contributed by atoms with Crippen molar-refractivity contribution in [2.75, 3.05) is 26.2 Å². The lowest BCUT2D eigenvalue weighted by atomic mass is 10.2. The number of amides is 2. The molecular formula is C27H26F2N2O2. The third kappa shape index (κ3) is 8.00. The van der Waals surface area contributed by atoms with Crippen LogP contribution < -0.4 is 0 Å². The highest BCUT2D eigenvalue weighted by molar-refractivity contribution is 5.89. The molecule has 33 heavy (non-hydrogen) atoms. The summed E-state index contributed by atoms with van der Waals surface area (Å²) in [4.78, 5) is 28.4. The summed E-state index contributed by atoms with van der Waals surface area (Å²) >= 11 is 0. The molecule has 0 bridgehead atoms. The van der Waals surface area contributed by atoms with Crippen LogP contribution in [0.15, 0.2) is 85.0 Å². The minimum atomic E-state index is -0.288. The lowest BCUT2D eigenvalue weighted by molar-refractivity contribution is -0.128. The van der Waals surface area contributed by atoms with E-state index in [0.717, 1.165) is 11.1 Å². The van der Waals surface area contributed by atoms with Crippen molar-refractivity contribution in [3.05, 3.63) is 108 Å². The summed E-state index contributed by atoms with van der Waals surface area (Å²) in [5.74, 6) is -0.788. The lowest BCUT2D eigenvalue weighted by Crippen LogP contribution is -2.36. The number of carbonyl (C=O) groups excluding carboxylic acids is 2. The van der Waals surface area contributed by atoms with Crippen LogP contribution in [0.2, 0.25) is 0 Å². The van der Waals surface area contributed by atoms with E-state index in [1.54, 1.807) is 70.5 Å². The molecule has 0 radical (unpaired) electrons. The van der Waals surface area contributed by atoms with Gasteiger partial charge < -0.3 is 9.80 Å². The zero-order valence-electron chi connectivity index (χ0n) is 18.2. The van der Waals surface area contributed by atoms with Gasteiger partial charge in [-0.15, -0.1) is 0 Å². The third-order valence-electron chi connectivity index (χ3n) is 5.14. The molecule has 0 spiro atoms. The Hall–Kier alpha value is -3.80. The van der Waals surface area contributed by atoms with Gasteiger partial charge in [-0.2, -0.15) is 0 Å². The van der Waals surface area contributed by atoms with Gasteiger partial charge in [0, 0.05) is 38.3 Å². The summed E-state index contributed by atoms with van der Waals surface area (Å²) in [7, 11) is 0. The molecule has 1 aliphatic heterocycles. The van der Waals surface area contributed by atoms with Crippen LogP contribution in [0.1, 0.15) is 17.5 Å². The molecule has 6 heteroatoms. The van der Waals surface area contributed by atoms with Crippen LogP contribution in [-0.2, 0) is 9.59 Å². The normalized spacial score (nSPS) is 15.2. The molecule has 1 heterocycles. The summed E-state index contributed by atoms with van der Waals surface area (Å²) in [5.41, 5.74) is 1.69.